The number of carbonyl (C=O) groups excluding carboxylic acids is 2. The number of aliphatic carboxylic acids is 1. The maximum absolute atomic E-state index is 14.4. The minimum Gasteiger partial charge on any atom is -0.483 e. The molecule has 4 rings (SSSR count). The molecule has 12 heteroatoms. The van der Waals surface area contributed by atoms with Gasteiger partial charge in [-0.1, -0.05) is 108 Å². The fourth-order valence-electron chi connectivity index (χ4n) is 6.79. The minimum absolute atomic E-state index is 0.0106. The van der Waals surface area contributed by atoms with E-state index in [9.17, 15) is 27.9 Å². The molecule has 1 aliphatic rings. The minimum atomic E-state index is -3.80. The largest absolute Gasteiger partial charge is 0.483 e. The predicted molar refractivity (Wildman–Crippen MR) is 207 cm³/mol. The summed E-state index contributed by atoms with van der Waals surface area (Å²) in [5.41, 5.74) is 1.50. The Morgan fingerprint density at radius 2 is 1.56 bits per heavy atom. The van der Waals surface area contributed by atoms with Gasteiger partial charge in [-0.15, -0.1) is 11.8 Å². The van der Waals surface area contributed by atoms with E-state index in [1.165, 1.54) is 11.8 Å². The maximum Gasteiger partial charge on any atom is 0.326 e. The van der Waals surface area contributed by atoms with Crippen molar-refractivity contribution in [3.05, 3.63) is 78.4 Å². The summed E-state index contributed by atoms with van der Waals surface area (Å²) in [6.45, 7) is 7.88. The van der Waals surface area contributed by atoms with E-state index < -0.39 is 51.7 Å². The number of unbranched alkanes of at least 4 members (excludes halogenated alkanes) is 2. The third-order valence-electron chi connectivity index (χ3n) is 9.89. The zero-order valence-corrected chi connectivity index (χ0v) is 32.5. The zero-order chi connectivity index (χ0) is 37.9. The lowest BCUT2D eigenvalue weighted by molar-refractivity contribution is -0.143. The number of nitrogens with zero attached hydrogens (tertiary/aromatic N) is 1. The van der Waals surface area contributed by atoms with Crippen LogP contribution in [0.15, 0.2) is 82.6 Å². The second-order valence-corrected chi connectivity index (χ2v) is 16.6. The monoisotopic (exact) mass is 751 g/mol. The van der Waals surface area contributed by atoms with Crippen molar-refractivity contribution in [1.29, 1.82) is 0 Å². The third-order valence-corrected chi connectivity index (χ3v) is 12.6. The van der Waals surface area contributed by atoms with E-state index in [1.54, 1.807) is 43.3 Å². The molecule has 3 N–H and O–H groups in total. The van der Waals surface area contributed by atoms with Crippen molar-refractivity contribution in [1.82, 2.24) is 10.6 Å². The fourth-order valence-corrected chi connectivity index (χ4v) is 9.46. The number of rotatable bonds is 18. The number of carboxylic acid groups (broad SMARTS) is 1. The lowest BCUT2D eigenvalue weighted by Gasteiger charge is -2.37. The van der Waals surface area contributed by atoms with Gasteiger partial charge in [0.05, 0.1) is 21.2 Å². The molecule has 1 aliphatic heterocycles. The summed E-state index contributed by atoms with van der Waals surface area (Å²) < 4.78 is 34.9. The molecule has 3 aromatic rings. The molecular weight excluding hydrogens is 699 g/mol. The fraction of sp³-hybridized carbons (Fsp3) is 0.475. The summed E-state index contributed by atoms with van der Waals surface area (Å²) in [4.78, 5) is 41.8. The Morgan fingerprint density at radius 1 is 0.942 bits per heavy atom. The summed E-state index contributed by atoms with van der Waals surface area (Å²) in [6, 6.07) is 19.5. The number of anilines is 2. The van der Waals surface area contributed by atoms with Gasteiger partial charge in [0.2, 0.25) is 5.91 Å². The highest BCUT2D eigenvalue weighted by molar-refractivity contribution is 7.98. The van der Waals surface area contributed by atoms with E-state index >= 15 is 0 Å². The number of carbonyl (C=O) groups is 3. The Balaban J connectivity index is 1.67. The number of nitrogens with one attached hydrogen (secondary N) is 2. The van der Waals surface area contributed by atoms with E-state index in [-0.39, 0.29) is 22.3 Å². The molecule has 52 heavy (non-hydrogen) atoms. The van der Waals surface area contributed by atoms with Crippen molar-refractivity contribution in [2.75, 3.05) is 30.1 Å². The summed E-state index contributed by atoms with van der Waals surface area (Å²) in [5.74, 6) is -2.54. The summed E-state index contributed by atoms with van der Waals surface area (Å²) in [7, 11) is -3.80. The molecule has 1 unspecified atom stereocenters. The Morgan fingerprint density at radius 3 is 2.12 bits per heavy atom. The average Bonchev–Trinajstić information content (AvgIpc) is 3.24. The van der Waals surface area contributed by atoms with Crippen LogP contribution in [0.4, 0.5) is 11.4 Å². The van der Waals surface area contributed by atoms with Gasteiger partial charge in [0.1, 0.15) is 17.8 Å². The number of para-hydroxylation sites is 1. The molecule has 2 amide bonds. The molecule has 0 spiro atoms. The molecule has 0 bridgehead atoms. The van der Waals surface area contributed by atoms with Crippen LogP contribution in [-0.2, 0) is 24.2 Å². The molecule has 10 nitrogen and oxygen atoms in total. The van der Waals surface area contributed by atoms with Crippen LogP contribution in [0.25, 0.3) is 0 Å². The number of benzene rings is 3. The second kappa shape index (κ2) is 18.6. The molecule has 1 heterocycles. The van der Waals surface area contributed by atoms with Gasteiger partial charge in [-0.05, 0) is 48.8 Å². The van der Waals surface area contributed by atoms with Gasteiger partial charge in [-0.3, -0.25) is 9.59 Å². The van der Waals surface area contributed by atoms with E-state index in [0.29, 0.717) is 29.1 Å². The van der Waals surface area contributed by atoms with Gasteiger partial charge in [-0.25, -0.2) is 13.2 Å². The summed E-state index contributed by atoms with van der Waals surface area (Å²) >= 11 is 1.38. The molecule has 0 saturated heterocycles. The van der Waals surface area contributed by atoms with Gasteiger partial charge >= 0.3 is 5.97 Å². The van der Waals surface area contributed by atoms with Crippen LogP contribution >= 0.6 is 11.8 Å². The Bertz CT molecular complexity index is 1760. The molecule has 0 saturated carbocycles. The van der Waals surface area contributed by atoms with Crippen molar-refractivity contribution in [3.63, 3.8) is 0 Å². The van der Waals surface area contributed by atoms with Crippen LogP contribution in [0.3, 0.4) is 0 Å². The zero-order valence-electron chi connectivity index (χ0n) is 30.9. The van der Waals surface area contributed by atoms with E-state index in [0.717, 1.165) is 44.2 Å². The number of thioether (sulfide) groups is 1. The van der Waals surface area contributed by atoms with E-state index in [2.05, 4.69) is 29.4 Å². The van der Waals surface area contributed by atoms with Gasteiger partial charge in [0.15, 0.2) is 16.4 Å². The van der Waals surface area contributed by atoms with Crippen molar-refractivity contribution >= 4 is 50.8 Å². The molecule has 0 radical (unpaired) electrons. The molecule has 3 atom stereocenters. The van der Waals surface area contributed by atoms with Crippen molar-refractivity contribution in [2.45, 2.75) is 94.5 Å². The average molecular weight is 752 g/mol. The number of ether oxygens (including phenoxy) is 1. The van der Waals surface area contributed by atoms with Gasteiger partial charge in [0.25, 0.3) is 5.91 Å². The standard InChI is InChI=1S/C40H53N3O7S2/c1-6-9-21-40(22-10-7-2)26-43(30-19-15-12-16-20-30)31-23-33(51-5)32(24-34(31)52(48,49)27-40)50-25-35(44)41-37(29-17-13-11-14-18-29)38(45)42-36(39(46)47)28(4)8-3/h11-20,23-24,28,36-37H,6-10,21-22,25-27H2,1-5H3,(H,41,44)(H,42,45)(H,46,47)/t28-,36+,37?/m0/s1. The summed E-state index contributed by atoms with van der Waals surface area (Å²) in [6.07, 6.45) is 7.76. The third kappa shape index (κ3) is 10.1. The smallest absolute Gasteiger partial charge is 0.326 e. The first-order valence-corrected chi connectivity index (χ1v) is 21.0. The first kappa shape index (κ1) is 40.7. The van der Waals surface area contributed by atoms with Crippen LogP contribution in [-0.4, -0.2) is 62.5 Å². The molecular formula is C40H53N3O7S2. The van der Waals surface area contributed by atoms with Gasteiger partial charge in [-0.2, -0.15) is 0 Å². The number of sulfone groups is 1. The number of hydrogen-bond donors (Lipinski definition) is 3. The first-order chi connectivity index (χ1) is 24.9. The lowest BCUT2D eigenvalue weighted by Crippen LogP contribution is -2.50. The SMILES string of the molecule is CCCCC1(CCCC)CN(c2ccccc2)c2cc(SC)c(OCC(=O)NC(C(=O)N[C@@H](C(=O)O)[C@@H](C)CC)c3ccccc3)cc2S(=O)(=O)C1. The molecule has 0 aromatic heterocycles. The number of fused-ring (bicyclic) bond motifs is 1. The van der Waals surface area contributed by atoms with Crippen LogP contribution in [0.5, 0.6) is 5.75 Å². The van der Waals surface area contributed by atoms with Crippen LogP contribution in [0.1, 0.15) is 84.2 Å². The highest BCUT2D eigenvalue weighted by atomic mass is 32.2. The van der Waals surface area contributed by atoms with Crippen LogP contribution < -0.4 is 20.3 Å². The lowest BCUT2D eigenvalue weighted by atomic mass is 9.79. The Labute approximate surface area is 313 Å². The maximum atomic E-state index is 14.4. The highest BCUT2D eigenvalue weighted by Crippen LogP contribution is 2.47. The van der Waals surface area contributed by atoms with E-state index in [1.807, 2.05) is 49.6 Å². The van der Waals surface area contributed by atoms with E-state index in [4.69, 9.17) is 4.74 Å². The van der Waals surface area contributed by atoms with Crippen molar-refractivity contribution < 1.29 is 32.6 Å². The molecule has 0 aliphatic carbocycles. The second-order valence-electron chi connectivity index (χ2n) is 13.8. The van der Waals surface area contributed by atoms with Gasteiger partial charge in [0, 0.05) is 23.7 Å². The quantitative estimate of drug-likeness (QED) is 0.112. The van der Waals surface area contributed by atoms with Crippen LogP contribution in [0, 0.1) is 11.3 Å². The number of amides is 2. The van der Waals surface area contributed by atoms with Gasteiger partial charge < -0.3 is 25.4 Å². The van der Waals surface area contributed by atoms with Crippen molar-refractivity contribution in [3.8, 4) is 5.75 Å². The number of carboxylic acids is 1. The molecule has 3 aromatic carbocycles. The Hall–Kier alpha value is -4.03. The van der Waals surface area contributed by atoms with Crippen LogP contribution in [0.2, 0.25) is 0 Å². The number of hydrogen-bond acceptors (Lipinski definition) is 8. The topological polar surface area (TPSA) is 142 Å². The first-order valence-electron chi connectivity index (χ1n) is 18.2. The Kier molecular flexibility index (Phi) is 14.6. The predicted octanol–water partition coefficient (Wildman–Crippen LogP) is 7.55. The highest BCUT2D eigenvalue weighted by Gasteiger charge is 2.42. The normalized spacial score (nSPS) is 16.4. The summed E-state index contributed by atoms with van der Waals surface area (Å²) in [5, 5.41) is 15.1. The van der Waals surface area contributed by atoms with Crippen molar-refractivity contribution in [2.24, 2.45) is 11.3 Å². The molecule has 282 valence electrons. The molecule has 0 fully saturated rings.